The lowest BCUT2D eigenvalue weighted by molar-refractivity contribution is -0.119. The summed E-state index contributed by atoms with van der Waals surface area (Å²) in [7, 11) is 0. The summed E-state index contributed by atoms with van der Waals surface area (Å²) in [6, 6.07) is 10.1. The number of carbonyl (C=O) groups is 1. The summed E-state index contributed by atoms with van der Waals surface area (Å²) in [6.45, 7) is 7.25. The van der Waals surface area contributed by atoms with Crippen LogP contribution in [-0.2, 0) is 11.2 Å². The van der Waals surface area contributed by atoms with E-state index < -0.39 is 0 Å². The van der Waals surface area contributed by atoms with Crippen LogP contribution in [0.5, 0.6) is 0 Å². The van der Waals surface area contributed by atoms with Gasteiger partial charge in [-0.3, -0.25) is 4.79 Å². The van der Waals surface area contributed by atoms with E-state index in [9.17, 15) is 10.1 Å². The first-order valence-corrected chi connectivity index (χ1v) is 10.2. The number of nitriles is 1. The average Bonchev–Trinajstić information content (AvgIpc) is 2.69. The zero-order valence-corrected chi connectivity index (χ0v) is 18.6. The zero-order valence-electron chi connectivity index (χ0n) is 17.7. The standard InChI is InChI=1S/C22H28N6O.ClH/c1-4-6-18-12-21(28-10-5-7-20(14-28)24-16(3)29)27-22(25-18)26-19-9-8-15(2)17(11-19)13-23;/h8-9,11-12,20H,4-7,10,14H2,1-3H3,(H,24,29)(H,25,26,27);1H. The first-order chi connectivity index (χ1) is 14.0. The molecule has 1 atom stereocenters. The molecule has 30 heavy (non-hydrogen) atoms. The molecule has 160 valence electrons. The number of rotatable bonds is 6. The topological polar surface area (TPSA) is 93.9 Å². The quantitative estimate of drug-likeness (QED) is 0.725. The summed E-state index contributed by atoms with van der Waals surface area (Å²) in [5, 5.41) is 15.6. The molecule has 1 aliphatic heterocycles. The summed E-state index contributed by atoms with van der Waals surface area (Å²) in [6.07, 6.45) is 3.84. The van der Waals surface area contributed by atoms with Crippen LogP contribution >= 0.6 is 12.4 Å². The van der Waals surface area contributed by atoms with Crippen LogP contribution in [0.15, 0.2) is 24.3 Å². The van der Waals surface area contributed by atoms with E-state index in [1.807, 2.05) is 31.2 Å². The molecular formula is C22H29ClN6O. The summed E-state index contributed by atoms with van der Waals surface area (Å²) in [5.41, 5.74) is 3.35. The van der Waals surface area contributed by atoms with Crippen LogP contribution in [0, 0.1) is 18.3 Å². The van der Waals surface area contributed by atoms with Gasteiger partial charge in [-0.2, -0.15) is 10.2 Å². The van der Waals surface area contributed by atoms with E-state index >= 15 is 0 Å². The Morgan fingerprint density at radius 2 is 2.13 bits per heavy atom. The van der Waals surface area contributed by atoms with Crippen molar-refractivity contribution >= 4 is 35.8 Å². The average molecular weight is 429 g/mol. The smallest absolute Gasteiger partial charge is 0.229 e. The monoisotopic (exact) mass is 428 g/mol. The Morgan fingerprint density at radius 3 is 2.83 bits per heavy atom. The van der Waals surface area contributed by atoms with E-state index in [1.165, 1.54) is 0 Å². The minimum absolute atomic E-state index is 0. The van der Waals surface area contributed by atoms with Crippen molar-refractivity contribution in [2.75, 3.05) is 23.3 Å². The molecule has 0 spiro atoms. The predicted molar refractivity (Wildman–Crippen MR) is 122 cm³/mol. The molecule has 2 aromatic rings. The molecule has 1 aromatic carbocycles. The van der Waals surface area contributed by atoms with Gasteiger partial charge in [-0.1, -0.05) is 19.4 Å². The number of aromatic nitrogens is 2. The van der Waals surface area contributed by atoms with Crippen LogP contribution in [0.25, 0.3) is 0 Å². The maximum atomic E-state index is 11.4. The number of piperidine rings is 1. The SMILES string of the molecule is CCCc1cc(N2CCCC(NC(C)=O)C2)nc(Nc2ccc(C)c(C#N)c2)n1.Cl. The number of amides is 1. The van der Waals surface area contributed by atoms with Crippen LogP contribution in [0.1, 0.15) is 49.9 Å². The highest BCUT2D eigenvalue weighted by Crippen LogP contribution is 2.23. The van der Waals surface area contributed by atoms with Crippen molar-refractivity contribution in [1.29, 1.82) is 5.26 Å². The van der Waals surface area contributed by atoms with Crippen LogP contribution in [-0.4, -0.2) is 35.0 Å². The Bertz CT molecular complexity index is 926. The van der Waals surface area contributed by atoms with E-state index in [2.05, 4.69) is 33.5 Å². The van der Waals surface area contributed by atoms with E-state index in [0.29, 0.717) is 11.5 Å². The fraction of sp³-hybridized carbons (Fsp3) is 0.455. The minimum atomic E-state index is 0. The zero-order chi connectivity index (χ0) is 20.8. The molecule has 0 radical (unpaired) electrons. The summed E-state index contributed by atoms with van der Waals surface area (Å²) < 4.78 is 0. The second kappa shape index (κ2) is 10.8. The fourth-order valence-electron chi connectivity index (χ4n) is 3.63. The normalized spacial score (nSPS) is 15.7. The number of halogens is 1. The van der Waals surface area contributed by atoms with E-state index in [4.69, 9.17) is 4.98 Å². The molecule has 1 saturated heterocycles. The molecule has 1 fully saturated rings. The number of hydrogen-bond acceptors (Lipinski definition) is 6. The first kappa shape index (κ1) is 23.4. The highest BCUT2D eigenvalue weighted by Gasteiger charge is 2.22. The first-order valence-electron chi connectivity index (χ1n) is 10.2. The van der Waals surface area contributed by atoms with E-state index in [-0.39, 0.29) is 24.4 Å². The van der Waals surface area contributed by atoms with E-state index in [1.54, 1.807) is 6.92 Å². The number of nitrogens with zero attached hydrogens (tertiary/aromatic N) is 4. The van der Waals surface area contributed by atoms with Gasteiger partial charge in [-0.05, 0) is 43.9 Å². The maximum Gasteiger partial charge on any atom is 0.229 e. The van der Waals surface area contributed by atoms with Crippen LogP contribution in [0.4, 0.5) is 17.5 Å². The number of anilines is 3. The summed E-state index contributed by atoms with van der Waals surface area (Å²) >= 11 is 0. The molecule has 8 heteroatoms. The molecule has 3 rings (SSSR count). The maximum absolute atomic E-state index is 11.4. The minimum Gasteiger partial charge on any atom is -0.354 e. The van der Waals surface area contributed by atoms with E-state index in [0.717, 1.165) is 61.5 Å². The molecular weight excluding hydrogens is 400 g/mol. The van der Waals surface area contributed by atoms with Gasteiger partial charge in [-0.15, -0.1) is 12.4 Å². The van der Waals surface area contributed by atoms with Gasteiger partial charge in [0.15, 0.2) is 0 Å². The van der Waals surface area contributed by atoms with Crippen molar-refractivity contribution < 1.29 is 4.79 Å². The molecule has 0 aliphatic carbocycles. The Hall–Kier alpha value is -2.85. The largest absolute Gasteiger partial charge is 0.354 e. The Morgan fingerprint density at radius 1 is 1.33 bits per heavy atom. The van der Waals surface area contributed by atoms with Gasteiger partial charge in [-0.25, -0.2) is 4.98 Å². The Kier molecular flexibility index (Phi) is 8.43. The van der Waals surface area contributed by atoms with Crippen LogP contribution in [0.3, 0.4) is 0 Å². The predicted octanol–water partition coefficient (Wildman–Crippen LogP) is 3.88. The number of nitrogens with one attached hydrogen (secondary N) is 2. The third kappa shape index (κ3) is 6.07. The highest BCUT2D eigenvalue weighted by molar-refractivity contribution is 5.85. The lowest BCUT2D eigenvalue weighted by Crippen LogP contribution is -2.47. The molecule has 0 bridgehead atoms. The number of carbonyl (C=O) groups excluding carboxylic acids is 1. The Labute approximate surface area is 184 Å². The molecule has 1 amide bonds. The van der Waals surface area contributed by atoms with Gasteiger partial charge < -0.3 is 15.5 Å². The number of aryl methyl sites for hydroxylation is 2. The summed E-state index contributed by atoms with van der Waals surface area (Å²) in [4.78, 5) is 23.0. The van der Waals surface area contributed by atoms with Crippen molar-refractivity contribution in [2.24, 2.45) is 0 Å². The van der Waals surface area contributed by atoms with Crippen molar-refractivity contribution in [3.8, 4) is 6.07 Å². The van der Waals surface area contributed by atoms with Crippen LogP contribution in [0.2, 0.25) is 0 Å². The lowest BCUT2D eigenvalue weighted by Gasteiger charge is -2.34. The van der Waals surface area contributed by atoms with Gasteiger partial charge in [0.2, 0.25) is 11.9 Å². The third-order valence-corrected chi connectivity index (χ3v) is 5.04. The Balaban J connectivity index is 0.00000320. The number of hydrogen-bond donors (Lipinski definition) is 2. The highest BCUT2D eigenvalue weighted by atomic mass is 35.5. The van der Waals surface area contributed by atoms with Crippen molar-refractivity contribution in [3.05, 3.63) is 41.1 Å². The summed E-state index contributed by atoms with van der Waals surface area (Å²) in [5.74, 6) is 1.40. The molecule has 1 aliphatic rings. The van der Waals surface area contributed by atoms with Gasteiger partial charge in [0, 0.05) is 43.5 Å². The van der Waals surface area contributed by atoms with Crippen molar-refractivity contribution in [3.63, 3.8) is 0 Å². The second-order valence-corrected chi connectivity index (χ2v) is 7.54. The lowest BCUT2D eigenvalue weighted by atomic mass is 10.1. The fourth-order valence-corrected chi connectivity index (χ4v) is 3.63. The second-order valence-electron chi connectivity index (χ2n) is 7.54. The van der Waals surface area contributed by atoms with Crippen molar-refractivity contribution in [1.82, 2.24) is 15.3 Å². The molecule has 2 N–H and O–H groups in total. The number of benzene rings is 1. The van der Waals surface area contributed by atoms with Gasteiger partial charge >= 0.3 is 0 Å². The molecule has 1 aromatic heterocycles. The van der Waals surface area contributed by atoms with Gasteiger partial charge in [0.05, 0.1) is 11.6 Å². The third-order valence-electron chi connectivity index (χ3n) is 5.04. The molecule has 0 saturated carbocycles. The van der Waals surface area contributed by atoms with Gasteiger partial charge in [0.25, 0.3) is 0 Å². The van der Waals surface area contributed by atoms with Gasteiger partial charge in [0.1, 0.15) is 5.82 Å². The molecule has 1 unspecified atom stereocenters. The van der Waals surface area contributed by atoms with Crippen LogP contribution < -0.4 is 15.5 Å². The molecule has 7 nitrogen and oxygen atoms in total. The molecule has 2 heterocycles. The van der Waals surface area contributed by atoms with Crippen molar-refractivity contribution in [2.45, 2.75) is 52.5 Å².